The minimum Gasteiger partial charge on any atom is -0.493 e. The molecular formula is C21H25F3N2O5S. The van der Waals surface area contributed by atoms with Crippen molar-refractivity contribution < 1.29 is 35.3 Å². The molecule has 11 heteroatoms. The van der Waals surface area contributed by atoms with Gasteiger partial charge < -0.3 is 19.1 Å². The zero-order chi connectivity index (χ0) is 24.1. The van der Waals surface area contributed by atoms with Crippen molar-refractivity contribution in [3.8, 4) is 11.5 Å². The average molecular weight is 475 g/mol. The second-order valence-electron chi connectivity index (χ2n) is 7.11. The number of rotatable bonds is 8. The van der Waals surface area contributed by atoms with Crippen LogP contribution in [-0.2, 0) is 22.8 Å². The van der Waals surface area contributed by atoms with Crippen molar-refractivity contribution in [3.63, 3.8) is 0 Å². The molecule has 2 rings (SSSR count). The van der Waals surface area contributed by atoms with Crippen LogP contribution in [0.25, 0.3) is 0 Å². The summed E-state index contributed by atoms with van der Waals surface area (Å²) in [5.74, 6) is -0.138. The van der Waals surface area contributed by atoms with Gasteiger partial charge in [0.2, 0.25) is 0 Å². The lowest BCUT2D eigenvalue weighted by atomic mass is 10.1. The maximum atomic E-state index is 13.0. The van der Waals surface area contributed by atoms with Crippen LogP contribution < -0.4 is 14.2 Å². The Labute approximate surface area is 185 Å². The molecular weight excluding hydrogens is 449 g/mol. The summed E-state index contributed by atoms with van der Waals surface area (Å²) in [6.45, 7) is 6.03. The van der Waals surface area contributed by atoms with Crippen LogP contribution in [0.1, 0.15) is 31.9 Å². The minimum absolute atomic E-state index is 0.0680. The maximum absolute atomic E-state index is 13.0. The number of carbonyl (C=O) groups is 1. The highest BCUT2D eigenvalue weighted by Gasteiger charge is 2.32. The molecule has 0 atom stereocenters. The van der Waals surface area contributed by atoms with Gasteiger partial charge in [-0.15, -0.1) is 0 Å². The van der Waals surface area contributed by atoms with E-state index in [1.165, 1.54) is 24.1 Å². The first kappa shape index (κ1) is 25.3. The molecule has 0 saturated heterocycles. The number of hydrogen-bond donors (Lipinski definition) is 1. The standard InChI is InChI=1S/C21H25F3N2O5S/c1-5-25-20(27)26(14(2)3)13-15-9-10-18(30-4)19(11-15)31-32(28,29)17-8-6-7-16(12-17)21(22,23)24/h6-12,14H,5,13H2,1-4H3,(H,25,27). The second kappa shape index (κ2) is 10.1. The summed E-state index contributed by atoms with van der Waals surface area (Å²) in [5.41, 5.74) is -0.572. The molecule has 0 saturated carbocycles. The lowest BCUT2D eigenvalue weighted by molar-refractivity contribution is -0.137. The fourth-order valence-electron chi connectivity index (χ4n) is 2.82. The van der Waals surface area contributed by atoms with Crippen molar-refractivity contribution in [1.82, 2.24) is 10.2 Å². The summed E-state index contributed by atoms with van der Waals surface area (Å²) >= 11 is 0. The van der Waals surface area contributed by atoms with Crippen molar-refractivity contribution in [2.45, 2.75) is 44.4 Å². The smallest absolute Gasteiger partial charge is 0.416 e. The van der Waals surface area contributed by atoms with Gasteiger partial charge in [-0.2, -0.15) is 21.6 Å². The van der Waals surface area contributed by atoms with Crippen LogP contribution in [0.3, 0.4) is 0 Å². The van der Waals surface area contributed by atoms with Crippen LogP contribution in [0.15, 0.2) is 47.4 Å². The lowest BCUT2D eigenvalue weighted by Gasteiger charge is -2.27. The molecule has 0 fully saturated rings. The molecule has 0 spiro atoms. The number of amides is 2. The van der Waals surface area contributed by atoms with Gasteiger partial charge in [-0.05, 0) is 56.7 Å². The van der Waals surface area contributed by atoms with Gasteiger partial charge in [-0.3, -0.25) is 0 Å². The van der Waals surface area contributed by atoms with E-state index in [2.05, 4.69) is 5.32 Å². The zero-order valence-corrected chi connectivity index (χ0v) is 18.9. The third-order valence-corrected chi connectivity index (χ3v) is 5.67. The van der Waals surface area contributed by atoms with Gasteiger partial charge >= 0.3 is 22.3 Å². The van der Waals surface area contributed by atoms with Crippen molar-refractivity contribution >= 4 is 16.1 Å². The molecule has 2 aromatic carbocycles. The van der Waals surface area contributed by atoms with E-state index in [1.807, 2.05) is 13.8 Å². The molecule has 0 aliphatic heterocycles. The molecule has 0 unspecified atom stereocenters. The number of benzene rings is 2. The largest absolute Gasteiger partial charge is 0.493 e. The van der Waals surface area contributed by atoms with Crippen LogP contribution in [0.5, 0.6) is 11.5 Å². The molecule has 0 aliphatic rings. The zero-order valence-electron chi connectivity index (χ0n) is 18.1. The average Bonchev–Trinajstić information content (AvgIpc) is 2.71. The van der Waals surface area contributed by atoms with Crippen molar-refractivity contribution in [2.75, 3.05) is 13.7 Å². The number of carbonyl (C=O) groups excluding carboxylic acids is 1. The molecule has 0 bridgehead atoms. The van der Waals surface area contributed by atoms with E-state index in [4.69, 9.17) is 8.92 Å². The highest BCUT2D eigenvalue weighted by molar-refractivity contribution is 7.87. The monoisotopic (exact) mass is 474 g/mol. The molecule has 0 heterocycles. The summed E-state index contributed by atoms with van der Waals surface area (Å²) in [7, 11) is -3.29. The fraction of sp³-hybridized carbons (Fsp3) is 0.381. The third-order valence-electron chi connectivity index (χ3n) is 4.44. The highest BCUT2D eigenvalue weighted by atomic mass is 32.2. The number of alkyl halides is 3. The van der Waals surface area contributed by atoms with E-state index in [9.17, 15) is 26.4 Å². The van der Waals surface area contributed by atoms with Crippen LogP contribution in [0.4, 0.5) is 18.0 Å². The molecule has 0 aliphatic carbocycles. The Morgan fingerprint density at radius 2 is 1.81 bits per heavy atom. The van der Waals surface area contributed by atoms with E-state index >= 15 is 0 Å². The Morgan fingerprint density at radius 3 is 2.38 bits per heavy atom. The molecule has 2 aromatic rings. The SMILES string of the molecule is CCNC(=O)N(Cc1ccc(OC)c(OS(=O)(=O)c2cccc(C(F)(F)F)c2)c1)C(C)C. The molecule has 0 aromatic heterocycles. The number of halogens is 3. The van der Waals surface area contributed by atoms with Gasteiger partial charge in [0.05, 0.1) is 12.7 Å². The predicted octanol–water partition coefficient (Wildman–Crippen LogP) is 4.42. The topological polar surface area (TPSA) is 84.9 Å². The van der Waals surface area contributed by atoms with Crippen LogP contribution in [-0.4, -0.2) is 39.0 Å². The maximum Gasteiger partial charge on any atom is 0.416 e. The summed E-state index contributed by atoms with van der Waals surface area (Å²) in [4.78, 5) is 13.2. The van der Waals surface area contributed by atoms with Gasteiger partial charge in [0.25, 0.3) is 0 Å². The number of hydrogen-bond acceptors (Lipinski definition) is 5. The summed E-state index contributed by atoms with van der Waals surface area (Å²) in [6.07, 6.45) is -4.71. The second-order valence-corrected chi connectivity index (χ2v) is 8.65. The van der Waals surface area contributed by atoms with Crippen molar-refractivity contribution in [1.29, 1.82) is 0 Å². The van der Waals surface area contributed by atoms with Crippen LogP contribution >= 0.6 is 0 Å². The normalized spacial score (nSPS) is 11.9. The number of nitrogens with one attached hydrogen (secondary N) is 1. The van der Waals surface area contributed by atoms with Gasteiger partial charge in [0.15, 0.2) is 11.5 Å². The van der Waals surface area contributed by atoms with Gasteiger partial charge in [-0.25, -0.2) is 4.79 Å². The van der Waals surface area contributed by atoms with E-state index in [0.29, 0.717) is 18.2 Å². The van der Waals surface area contributed by atoms with E-state index in [1.54, 1.807) is 13.0 Å². The molecule has 176 valence electrons. The summed E-state index contributed by atoms with van der Waals surface area (Å²) < 4.78 is 74.5. The van der Waals surface area contributed by atoms with Gasteiger partial charge in [-0.1, -0.05) is 12.1 Å². The molecule has 7 nitrogen and oxygen atoms in total. The fourth-order valence-corrected chi connectivity index (χ4v) is 3.80. The lowest BCUT2D eigenvalue weighted by Crippen LogP contribution is -2.43. The molecule has 1 N–H and O–H groups in total. The van der Waals surface area contributed by atoms with E-state index in [-0.39, 0.29) is 30.1 Å². The summed E-state index contributed by atoms with van der Waals surface area (Å²) in [5, 5.41) is 2.70. The van der Waals surface area contributed by atoms with Crippen LogP contribution in [0, 0.1) is 0 Å². The van der Waals surface area contributed by atoms with Crippen molar-refractivity contribution in [3.05, 3.63) is 53.6 Å². The van der Waals surface area contributed by atoms with E-state index < -0.39 is 26.8 Å². The van der Waals surface area contributed by atoms with Crippen LogP contribution in [0.2, 0.25) is 0 Å². The Balaban J connectivity index is 2.38. The van der Waals surface area contributed by atoms with Gasteiger partial charge in [0.1, 0.15) is 4.90 Å². The predicted molar refractivity (Wildman–Crippen MR) is 112 cm³/mol. The minimum atomic E-state index is -4.71. The Morgan fingerprint density at radius 1 is 1.12 bits per heavy atom. The molecule has 32 heavy (non-hydrogen) atoms. The Bertz CT molecular complexity index is 1060. The van der Waals surface area contributed by atoms with E-state index in [0.717, 1.165) is 18.2 Å². The van der Waals surface area contributed by atoms with Gasteiger partial charge in [0, 0.05) is 19.1 Å². The third kappa shape index (κ3) is 6.28. The quantitative estimate of drug-likeness (QED) is 0.573. The van der Waals surface area contributed by atoms with Crippen molar-refractivity contribution in [2.24, 2.45) is 0 Å². The first-order valence-electron chi connectivity index (χ1n) is 9.72. The first-order chi connectivity index (χ1) is 14.9. The Hall–Kier alpha value is -2.95. The molecule has 2 amide bonds. The number of urea groups is 1. The number of ether oxygens (including phenoxy) is 1. The molecule has 0 radical (unpaired) electrons. The number of methoxy groups -OCH3 is 1. The summed E-state index contributed by atoms with van der Waals surface area (Å²) in [6, 6.07) is 7.29. The number of nitrogens with zero attached hydrogens (tertiary/aromatic N) is 1. The Kier molecular flexibility index (Phi) is 8.00. The highest BCUT2D eigenvalue weighted by Crippen LogP contribution is 2.34. The first-order valence-corrected chi connectivity index (χ1v) is 11.1.